The van der Waals surface area contributed by atoms with Gasteiger partial charge in [-0.15, -0.1) is 0 Å². The third kappa shape index (κ3) is 2.56. The molecule has 0 spiro atoms. The third-order valence-electron chi connectivity index (χ3n) is 3.59. The van der Waals surface area contributed by atoms with Gasteiger partial charge in [-0.1, -0.05) is 51.1 Å². The van der Waals surface area contributed by atoms with Crippen LogP contribution in [0.3, 0.4) is 0 Å². The molecule has 0 heterocycles. The molecule has 0 radical (unpaired) electrons. The Balaban J connectivity index is 3.21. The van der Waals surface area contributed by atoms with E-state index in [0.29, 0.717) is 0 Å². The first-order valence-electron chi connectivity index (χ1n) is 6.30. The summed E-state index contributed by atoms with van der Waals surface area (Å²) in [6.07, 6.45) is 0. The summed E-state index contributed by atoms with van der Waals surface area (Å²) in [5, 5.41) is 11.0. The second kappa shape index (κ2) is 5.53. The molecular weight excluding hydrogens is 226 g/mol. The van der Waals surface area contributed by atoms with Gasteiger partial charge in [-0.25, -0.2) is 0 Å². The van der Waals surface area contributed by atoms with Crippen LogP contribution in [0.4, 0.5) is 0 Å². The number of rotatable bonds is 4. The minimum absolute atomic E-state index is 0.0428. The Morgan fingerprint density at radius 3 is 2.06 bits per heavy atom. The monoisotopic (exact) mass is 249 g/mol. The molecule has 0 bridgehead atoms. The van der Waals surface area contributed by atoms with E-state index >= 15 is 0 Å². The van der Waals surface area contributed by atoms with E-state index in [0.717, 1.165) is 5.56 Å². The molecule has 18 heavy (non-hydrogen) atoms. The summed E-state index contributed by atoms with van der Waals surface area (Å²) in [7, 11) is 3.43. The summed E-state index contributed by atoms with van der Waals surface area (Å²) in [5.74, 6) is -0.580. The number of carbonyl (C=O) groups excluding carboxylic acids is 1. The Hall–Kier alpha value is -1.35. The summed E-state index contributed by atoms with van der Waals surface area (Å²) in [6.45, 7) is 5.66. The molecule has 2 atom stereocenters. The van der Waals surface area contributed by atoms with E-state index in [1.165, 1.54) is 4.90 Å². The van der Waals surface area contributed by atoms with Gasteiger partial charge in [0.25, 0.3) is 0 Å². The van der Waals surface area contributed by atoms with Crippen LogP contribution in [0.25, 0.3) is 0 Å². The fourth-order valence-corrected chi connectivity index (χ4v) is 2.36. The lowest BCUT2D eigenvalue weighted by Gasteiger charge is -2.38. The number of nitrogens with zero attached hydrogens (tertiary/aromatic N) is 1. The zero-order valence-electron chi connectivity index (χ0n) is 11.8. The van der Waals surface area contributed by atoms with Crippen LogP contribution in [0.2, 0.25) is 0 Å². The molecule has 0 unspecified atom stereocenters. The standard InChI is InChI=1S/C15H23NO2/c1-11(2)15(18,12(3)14(17)16(4)5)13-9-7-6-8-10-13/h6-12,18H,1-5H3/t12-,15+/m0/s1. The molecule has 0 fully saturated rings. The van der Waals surface area contributed by atoms with Crippen molar-refractivity contribution in [3.8, 4) is 0 Å². The molecule has 100 valence electrons. The normalized spacial score (nSPS) is 16.2. The maximum Gasteiger partial charge on any atom is 0.228 e. The second-order valence-corrected chi connectivity index (χ2v) is 5.30. The fraction of sp³-hybridized carbons (Fsp3) is 0.533. The topological polar surface area (TPSA) is 40.5 Å². The number of aliphatic hydroxyl groups is 1. The molecule has 3 heteroatoms. The van der Waals surface area contributed by atoms with Crippen LogP contribution in [-0.2, 0) is 10.4 Å². The lowest BCUT2D eigenvalue weighted by atomic mass is 9.74. The molecule has 1 aromatic rings. The summed E-state index contributed by atoms with van der Waals surface area (Å²) in [4.78, 5) is 13.7. The minimum atomic E-state index is -1.14. The van der Waals surface area contributed by atoms with Crippen molar-refractivity contribution < 1.29 is 9.90 Å². The van der Waals surface area contributed by atoms with E-state index in [1.807, 2.05) is 44.2 Å². The van der Waals surface area contributed by atoms with Gasteiger partial charge in [0.1, 0.15) is 5.60 Å². The van der Waals surface area contributed by atoms with Gasteiger partial charge in [-0.3, -0.25) is 4.79 Å². The molecule has 0 saturated carbocycles. The highest BCUT2D eigenvalue weighted by atomic mass is 16.3. The van der Waals surface area contributed by atoms with Crippen molar-refractivity contribution in [2.45, 2.75) is 26.4 Å². The van der Waals surface area contributed by atoms with E-state index in [4.69, 9.17) is 0 Å². The van der Waals surface area contributed by atoms with Crippen LogP contribution in [0.5, 0.6) is 0 Å². The zero-order chi connectivity index (χ0) is 13.9. The van der Waals surface area contributed by atoms with Gasteiger partial charge in [0.05, 0.1) is 5.92 Å². The summed E-state index contributed by atoms with van der Waals surface area (Å²) in [5.41, 5.74) is -0.342. The first-order valence-corrected chi connectivity index (χ1v) is 6.30. The maximum atomic E-state index is 12.1. The molecule has 0 saturated heterocycles. The SMILES string of the molecule is CC(C)[C@](O)(c1ccccc1)[C@@H](C)C(=O)N(C)C. The van der Waals surface area contributed by atoms with E-state index < -0.39 is 11.5 Å². The molecule has 1 rings (SSSR count). The molecule has 0 aliphatic rings. The van der Waals surface area contributed by atoms with Crippen LogP contribution < -0.4 is 0 Å². The second-order valence-electron chi connectivity index (χ2n) is 5.30. The van der Waals surface area contributed by atoms with Crippen molar-refractivity contribution >= 4 is 5.91 Å². The number of benzene rings is 1. The van der Waals surface area contributed by atoms with E-state index in [1.54, 1.807) is 21.0 Å². The van der Waals surface area contributed by atoms with E-state index in [-0.39, 0.29) is 11.8 Å². The van der Waals surface area contributed by atoms with Gasteiger partial charge in [0.2, 0.25) is 5.91 Å². The fourth-order valence-electron chi connectivity index (χ4n) is 2.36. The van der Waals surface area contributed by atoms with Gasteiger partial charge in [-0.05, 0) is 11.5 Å². The van der Waals surface area contributed by atoms with Gasteiger partial charge < -0.3 is 10.0 Å². The van der Waals surface area contributed by atoms with Crippen molar-refractivity contribution in [3.63, 3.8) is 0 Å². The van der Waals surface area contributed by atoms with Crippen molar-refractivity contribution in [3.05, 3.63) is 35.9 Å². The summed E-state index contributed by atoms with van der Waals surface area (Å²) < 4.78 is 0. The lowest BCUT2D eigenvalue weighted by Crippen LogP contribution is -2.46. The molecule has 0 aromatic heterocycles. The molecule has 1 amide bonds. The van der Waals surface area contributed by atoms with Gasteiger partial charge in [-0.2, -0.15) is 0 Å². The number of amides is 1. The highest BCUT2D eigenvalue weighted by Gasteiger charge is 2.42. The van der Waals surface area contributed by atoms with Crippen molar-refractivity contribution in [1.82, 2.24) is 4.90 Å². The number of hydrogen-bond donors (Lipinski definition) is 1. The van der Waals surface area contributed by atoms with Crippen LogP contribution in [0, 0.1) is 11.8 Å². The number of hydrogen-bond acceptors (Lipinski definition) is 2. The van der Waals surface area contributed by atoms with Crippen LogP contribution in [-0.4, -0.2) is 30.0 Å². The van der Waals surface area contributed by atoms with E-state index in [9.17, 15) is 9.90 Å². The Morgan fingerprint density at radius 1 is 1.17 bits per heavy atom. The highest BCUT2D eigenvalue weighted by molar-refractivity contribution is 5.79. The predicted molar refractivity (Wildman–Crippen MR) is 73.0 cm³/mol. The van der Waals surface area contributed by atoms with Crippen molar-refractivity contribution in [2.75, 3.05) is 14.1 Å². The maximum absolute atomic E-state index is 12.1. The molecule has 3 nitrogen and oxygen atoms in total. The molecule has 0 aliphatic heterocycles. The molecule has 0 aliphatic carbocycles. The van der Waals surface area contributed by atoms with Crippen LogP contribution in [0.1, 0.15) is 26.3 Å². The van der Waals surface area contributed by atoms with Gasteiger partial charge in [0.15, 0.2) is 0 Å². The molecule has 1 aromatic carbocycles. The minimum Gasteiger partial charge on any atom is -0.384 e. The summed E-state index contributed by atoms with van der Waals surface area (Å²) in [6, 6.07) is 9.42. The Bertz CT molecular complexity index is 400. The van der Waals surface area contributed by atoms with Crippen LogP contribution in [0.15, 0.2) is 30.3 Å². The average molecular weight is 249 g/mol. The van der Waals surface area contributed by atoms with Crippen molar-refractivity contribution in [2.24, 2.45) is 11.8 Å². The zero-order valence-corrected chi connectivity index (χ0v) is 11.8. The Kier molecular flexibility index (Phi) is 4.52. The quantitative estimate of drug-likeness (QED) is 0.889. The van der Waals surface area contributed by atoms with Gasteiger partial charge in [0, 0.05) is 14.1 Å². The van der Waals surface area contributed by atoms with E-state index in [2.05, 4.69) is 0 Å². The highest BCUT2D eigenvalue weighted by Crippen LogP contribution is 2.37. The number of carbonyl (C=O) groups is 1. The first kappa shape index (κ1) is 14.7. The van der Waals surface area contributed by atoms with Gasteiger partial charge >= 0.3 is 0 Å². The molecular formula is C15H23NO2. The Morgan fingerprint density at radius 2 is 1.67 bits per heavy atom. The lowest BCUT2D eigenvalue weighted by molar-refractivity contribution is -0.147. The van der Waals surface area contributed by atoms with Crippen LogP contribution >= 0.6 is 0 Å². The first-order chi connectivity index (χ1) is 8.31. The largest absolute Gasteiger partial charge is 0.384 e. The predicted octanol–water partition coefficient (Wildman–Crippen LogP) is 2.25. The van der Waals surface area contributed by atoms with Crippen molar-refractivity contribution in [1.29, 1.82) is 0 Å². The molecule has 1 N–H and O–H groups in total. The smallest absolute Gasteiger partial charge is 0.228 e. The summed E-state index contributed by atoms with van der Waals surface area (Å²) >= 11 is 0. The third-order valence-corrected chi connectivity index (χ3v) is 3.59. The Labute approximate surface area is 109 Å². The average Bonchev–Trinajstić information content (AvgIpc) is 2.36.